The van der Waals surface area contributed by atoms with Crippen LogP contribution in [-0.2, 0) is 4.74 Å². The van der Waals surface area contributed by atoms with E-state index < -0.39 is 12.3 Å². The summed E-state index contributed by atoms with van der Waals surface area (Å²) in [6.45, 7) is 3.29. The maximum absolute atomic E-state index is 11.9. The topological polar surface area (TPSA) is 29.5 Å². The third-order valence-electron chi connectivity index (χ3n) is 1.99. The molecule has 0 aromatic heterocycles. The van der Waals surface area contributed by atoms with Crippen LogP contribution in [0.4, 0.5) is 13.2 Å². The number of unbranched alkanes of at least 4 members (excludes halogenated alkanes) is 2. The molecule has 0 fully saturated rings. The minimum Gasteiger partial charge on any atom is -0.384 e. The van der Waals surface area contributed by atoms with Gasteiger partial charge in [-0.3, -0.25) is 0 Å². The normalized spacial score (nSPS) is 14.2. The molecule has 1 N–H and O–H groups in total. The summed E-state index contributed by atoms with van der Waals surface area (Å²) in [7, 11) is 0. The Kier molecular flexibility index (Phi) is 7.78. The lowest BCUT2D eigenvalue weighted by atomic mass is 10.1. The van der Waals surface area contributed by atoms with Crippen molar-refractivity contribution >= 4 is 0 Å². The van der Waals surface area contributed by atoms with Crippen LogP contribution in [0.3, 0.4) is 0 Å². The SMILES string of the molecule is CCCOCCCCCC(O)C(F)(F)F. The molecule has 0 saturated heterocycles. The summed E-state index contributed by atoms with van der Waals surface area (Å²) in [6.07, 6.45) is -4.10. The molecule has 2 nitrogen and oxygen atoms in total. The maximum atomic E-state index is 11.9. The monoisotopic (exact) mass is 228 g/mol. The Labute approximate surface area is 88.4 Å². The highest BCUT2D eigenvalue weighted by molar-refractivity contribution is 4.64. The van der Waals surface area contributed by atoms with Gasteiger partial charge in [0.1, 0.15) is 6.10 Å². The maximum Gasteiger partial charge on any atom is 0.414 e. The first-order valence-electron chi connectivity index (χ1n) is 5.31. The van der Waals surface area contributed by atoms with Gasteiger partial charge in [-0.25, -0.2) is 0 Å². The molecule has 15 heavy (non-hydrogen) atoms. The molecule has 0 rings (SSSR count). The molecular formula is C10H19F3O2. The molecular weight excluding hydrogens is 209 g/mol. The quantitative estimate of drug-likeness (QED) is 0.647. The Hall–Kier alpha value is -0.290. The standard InChI is InChI=1S/C10H19F3O2/c1-2-7-15-8-5-3-4-6-9(14)10(11,12)13/h9,14H,2-8H2,1H3. The summed E-state index contributed by atoms with van der Waals surface area (Å²) in [5, 5.41) is 8.67. The average Bonchev–Trinajstić information content (AvgIpc) is 2.14. The van der Waals surface area contributed by atoms with Crippen molar-refractivity contribution in [2.75, 3.05) is 13.2 Å². The van der Waals surface area contributed by atoms with E-state index >= 15 is 0 Å². The van der Waals surface area contributed by atoms with Crippen molar-refractivity contribution in [3.05, 3.63) is 0 Å². The lowest BCUT2D eigenvalue weighted by molar-refractivity contribution is -0.205. The molecule has 5 heteroatoms. The zero-order chi connectivity index (χ0) is 11.7. The number of halogens is 3. The van der Waals surface area contributed by atoms with E-state index in [1.54, 1.807) is 0 Å². The number of aliphatic hydroxyl groups excluding tert-OH is 1. The summed E-state index contributed by atoms with van der Waals surface area (Å²) in [5.74, 6) is 0. The average molecular weight is 228 g/mol. The first-order chi connectivity index (χ1) is 6.98. The molecule has 0 aromatic carbocycles. The van der Waals surface area contributed by atoms with Crippen molar-refractivity contribution in [3.8, 4) is 0 Å². The number of hydrogen-bond acceptors (Lipinski definition) is 2. The van der Waals surface area contributed by atoms with E-state index in [0.29, 0.717) is 26.1 Å². The fourth-order valence-electron chi connectivity index (χ4n) is 1.13. The molecule has 1 atom stereocenters. The number of rotatable bonds is 8. The van der Waals surface area contributed by atoms with E-state index in [1.165, 1.54) is 0 Å². The van der Waals surface area contributed by atoms with Crippen LogP contribution in [0.1, 0.15) is 39.0 Å². The smallest absolute Gasteiger partial charge is 0.384 e. The highest BCUT2D eigenvalue weighted by Crippen LogP contribution is 2.23. The van der Waals surface area contributed by atoms with E-state index in [1.807, 2.05) is 6.92 Å². The van der Waals surface area contributed by atoms with Crippen molar-refractivity contribution in [1.82, 2.24) is 0 Å². The minimum absolute atomic E-state index is 0.211. The zero-order valence-corrected chi connectivity index (χ0v) is 9.02. The Morgan fingerprint density at radius 2 is 1.80 bits per heavy atom. The Morgan fingerprint density at radius 1 is 1.13 bits per heavy atom. The predicted molar refractivity (Wildman–Crippen MR) is 51.6 cm³/mol. The van der Waals surface area contributed by atoms with E-state index in [9.17, 15) is 13.2 Å². The van der Waals surface area contributed by atoms with Crippen LogP contribution in [-0.4, -0.2) is 30.6 Å². The Balaban J connectivity index is 3.24. The molecule has 0 heterocycles. The Morgan fingerprint density at radius 3 is 2.33 bits per heavy atom. The van der Waals surface area contributed by atoms with E-state index in [-0.39, 0.29) is 6.42 Å². The summed E-state index contributed by atoms with van der Waals surface area (Å²) in [5.41, 5.74) is 0. The minimum atomic E-state index is -4.47. The second kappa shape index (κ2) is 7.93. The number of hydrogen-bond donors (Lipinski definition) is 1. The van der Waals surface area contributed by atoms with Crippen molar-refractivity contribution in [3.63, 3.8) is 0 Å². The number of ether oxygens (including phenoxy) is 1. The zero-order valence-electron chi connectivity index (χ0n) is 9.02. The lowest BCUT2D eigenvalue weighted by Crippen LogP contribution is -2.28. The highest BCUT2D eigenvalue weighted by Gasteiger charge is 2.37. The van der Waals surface area contributed by atoms with Crippen LogP contribution in [0.25, 0.3) is 0 Å². The van der Waals surface area contributed by atoms with E-state index in [0.717, 1.165) is 12.8 Å². The first kappa shape index (κ1) is 14.7. The molecule has 1 unspecified atom stereocenters. The Bertz CT molecular complexity index is 148. The van der Waals surface area contributed by atoms with Crippen LogP contribution < -0.4 is 0 Å². The van der Waals surface area contributed by atoms with Gasteiger partial charge in [0.05, 0.1) is 0 Å². The molecule has 0 saturated carbocycles. The molecule has 0 aromatic rings. The third kappa shape index (κ3) is 8.69. The molecule has 0 aliphatic heterocycles. The summed E-state index contributed by atoms with van der Waals surface area (Å²) >= 11 is 0. The molecule has 92 valence electrons. The second-order valence-electron chi connectivity index (χ2n) is 3.52. The molecule has 0 aliphatic rings. The van der Waals surface area contributed by atoms with Crippen LogP contribution in [0.5, 0.6) is 0 Å². The van der Waals surface area contributed by atoms with Gasteiger partial charge in [-0.05, 0) is 19.3 Å². The van der Waals surface area contributed by atoms with Gasteiger partial charge in [-0.15, -0.1) is 0 Å². The van der Waals surface area contributed by atoms with Gasteiger partial charge in [0.15, 0.2) is 0 Å². The predicted octanol–water partition coefficient (Wildman–Crippen LogP) is 2.90. The van der Waals surface area contributed by atoms with Crippen LogP contribution in [0, 0.1) is 0 Å². The highest BCUT2D eigenvalue weighted by atomic mass is 19.4. The fourth-order valence-corrected chi connectivity index (χ4v) is 1.13. The van der Waals surface area contributed by atoms with Gasteiger partial charge in [0.25, 0.3) is 0 Å². The molecule has 0 spiro atoms. The molecule has 0 radical (unpaired) electrons. The number of aliphatic hydroxyl groups is 1. The number of alkyl halides is 3. The van der Waals surface area contributed by atoms with E-state index in [4.69, 9.17) is 9.84 Å². The summed E-state index contributed by atoms with van der Waals surface area (Å²) in [4.78, 5) is 0. The van der Waals surface area contributed by atoms with Gasteiger partial charge in [0, 0.05) is 13.2 Å². The summed E-state index contributed by atoms with van der Waals surface area (Å²) in [6, 6.07) is 0. The second-order valence-corrected chi connectivity index (χ2v) is 3.52. The molecule has 0 aliphatic carbocycles. The lowest BCUT2D eigenvalue weighted by Gasteiger charge is -2.13. The third-order valence-corrected chi connectivity index (χ3v) is 1.99. The van der Waals surface area contributed by atoms with Crippen molar-refractivity contribution in [2.45, 2.75) is 51.3 Å². The van der Waals surface area contributed by atoms with Gasteiger partial charge in [-0.2, -0.15) is 13.2 Å². The van der Waals surface area contributed by atoms with Crippen LogP contribution in [0.2, 0.25) is 0 Å². The van der Waals surface area contributed by atoms with Crippen molar-refractivity contribution in [1.29, 1.82) is 0 Å². The van der Waals surface area contributed by atoms with Gasteiger partial charge < -0.3 is 9.84 Å². The van der Waals surface area contributed by atoms with Crippen LogP contribution in [0.15, 0.2) is 0 Å². The van der Waals surface area contributed by atoms with Gasteiger partial charge in [-0.1, -0.05) is 19.8 Å². The summed E-state index contributed by atoms with van der Waals surface area (Å²) < 4.78 is 40.7. The van der Waals surface area contributed by atoms with Crippen molar-refractivity contribution in [2.24, 2.45) is 0 Å². The van der Waals surface area contributed by atoms with Gasteiger partial charge in [0.2, 0.25) is 0 Å². The first-order valence-corrected chi connectivity index (χ1v) is 5.31. The fraction of sp³-hybridized carbons (Fsp3) is 1.00. The van der Waals surface area contributed by atoms with Gasteiger partial charge >= 0.3 is 6.18 Å². The molecule has 0 amide bonds. The van der Waals surface area contributed by atoms with Crippen molar-refractivity contribution < 1.29 is 23.0 Å². The largest absolute Gasteiger partial charge is 0.414 e. The van der Waals surface area contributed by atoms with Crippen LogP contribution >= 0.6 is 0 Å². The molecule has 0 bridgehead atoms. The van der Waals surface area contributed by atoms with E-state index in [2.05, 4.69) is 0 Å².